The van der Waals surface area contributed by atoms with Gasteiger partial charge in [0.15, 0.2) is 5.82 Å². The quantitative estimate of drug-likeness (QED) is 0.584. The van der Waals surface area contributed by atoms with Gasteiger partial charge >= 0.3 is 11.8 Å². The molecule has 0 aromatic carbocycles. The van der Waals surface area contributed by atoms with Crippen molar-refractivity contribution in [3.63, 3.8) is 0 Å². The molecule has 2 aromatic rings. The van der Waals surface area contributed by atoms with Crippen LogP contribution in [0.5, 0.6) is 0 Å². The smallest absolute Gasteiger partial charge is 0.314 e. The zero-order valence-corrected chi connectivity index (χ0v) is 10.1. The minimum atomic E-state index is -0.767. The van der Waals surface area contributed by atoms with Crippen LogP contribution in [0.1, 0.15) is 6.42 Å². The van der Waals surface area contributed by atoms with Crippen LogP contribution in [0.4, 0.5) is 5.82 Å². The van der Waals surface area contributed by atoms with Gasteiger partial charge in [-0.15, -0.1) is 0 Å². The van der Waals surface area contributed by atoms with E-state index >= 15 is 0 Å². The number of anilines is 1. The van der Waals surface area contributed by atoms with Gasteiger partial charge in [-0.1, -0.05) is 5.16 Å². The highest BCUT2D eigenvalue weighted by molar-refractivity contribution is 6.39. The number of nitrogens with one attached hydrogen (secondary N) is 2. The van der Waals surface area contributed by atoms with Crippen molar-refractivity contribution in [3.8, 4) is 0 Å². The van der Waals surface area contributed by atoms with Gasteiger partial charge in [-0.25, -0.2) is 4.98 Å². The topological polar surface area (TPSA) is 102 Å². The van der Waals surface area contributed by atoms with E-state index in [1.807, 2.05) is 10.8 Å². The molecule has 0 fully saturated rings. The van der Waals surface area contributed by atoms with Crippen molar-refractivity contribution in [2.45, 2.75) is 13.0 Å². The third-order valence-electron chi connectivity index (χ3n) is 2.32. The summed E-state index contributed by atoms with van der Waals surface area (Å²) in [7, 11) is 0. The van der Waals surface area contributed by atoms with Crippen LogP contribution in [0.3, 0.4) is 0 Å². The molecule has 0 aliphatic heterocycles. The number of aryl methyl sites for hydroxylation is 1. The minimum Gasteiger partial charge on any atom is -0.363 e. The number of aromatic nitrogens is 3. The van der Waals surface area contributed by atoms with E-state index in [1.54, 1.807) is 12.5 Å². The van der Waals surface area contributed by atoms with E-state index in [1.165, 1.54) is 12.3 Å². The summed E-state index contributed by atoms with van der Waals surface area (Å²) in [4.78, 5) is 26.7. The standard InChI is InChI=1S/C11H13N5O3/c17-10(11(18)14-9-2-7-19-15-9)13-3-1-5-16-6-4-12-8-16/h2,4,6-8H,1,3,5H2,(H,13,17)(H,14,15,18). The molecule has 2 N–H and O–H groups in total. The van der Waals surface area contributed by atoms with Gasteiger partial charge in [-0.05, 0) is 6.42 Å². The number of rotatable bonds is 5. The minimum absolute atomic E-state index is 0.207. The van der Waals surface area contributed by atoms with Crippen LogP contribution in [0.15, 0.2) is 35.6 Å². The fraction of sp³-hybridized carbons (Fsp3) is 0.273. The van der Waals surface area contributed by atoms with Crippen LogP contribution in [0.25, 0.3) is 0 Å². The average Bonchev–Trinajstić information content (AvgIpc) is 3.07. The third kappa shape index (κ3) is 3.95. The Balaban J connectivity index is 1.65. The van der Waals surface area contributed by atoms with E-state index in [0.29, 0.717) is 13.0 Å². The van der Waals surface area contributed by atoms with Crippen molar-refractivity contribution < 1.29 is 14.1 Å². The molecule has 19 heavy (non-hydrogen) atoms. The van der Waals surface area contributed by atoms with Gasteiger partial charge in [-0.3, -0.25) is 14.9 Å². The predicted molar refractivity (Wildman–Crippen MR) is 65.0 cm³/mol. The molecule has 0 aliphatic rings. The Morgan fingerprint density at radius 2 is 2.26 bits per heavy atom. The average molecular weight is 263 g/mol. The number of carbonyl (C=O) groups is 2. The van der Waals surface area contributed by atoms with E-state index in [2.05, 4.69) is 25.3 Å². The lowest BCUT2D eigenvalue weighted by Crippen LogP contribution is -2.36. The lowest BCUT2D eigenvalue weighted by Gasteiger charge is -2.05. The van der Waals surface area contributed by atoms with E-state index < -0.39 is 11.8 Å². The first-order valence-corrected chi connectivity index (χ1v) is 5.71. The Kier molecular flexibility index (Phi) is 4.27. The van der Waals surface area contributed by atoms with Gasteiger partial charge in [0.05, 0.1) is 6.33 Å². The summed E-state index contributed by atoms with van der Waals surface area (Å²) in [5, 5.41) is 8.29. The van der Waals surface area contributed by atoms with E-state index in [-0.39, 0.29) is 5.82 Å². The summed E-state index contributed by atoms with van der Waals surface area (Å²) in [6.07, 6.45) is 7.22. The second-order valence-electron chi connectivity index (χ2n) is 3.75. The molecule has 0 aliphatic carbocycles. The Bertz CT molecular complexity index is 521. The van der Waals surface area contributed by atoms with Crippen molar-refractivity contribution >= 4 is 17.6 Å². The number of amides is 2. The SMILES string of the molecule is O=C(NCCCn1ccnc1)C(=O)Nc1ccon1. The Morgan fingerprint density at radius 1 is 1.37 bits per heavy atom. The van der Waals surface area contributed by atoms with Crippen molar-refractivity contribution in [3.05, 3.63) is 31.1 Å². The molecule has 0 atom stereocenters. The molecule has 0 radical (unpaired) electrons. The van der Waals surface area contributed by atoms with Crippen molar-refractivity contribution in [1.29, 1.82) is 0 Å². The van der Waals surface area contributed by atoms with E-state index in [0.717, 1.165) is 6.54 Å². The largest absolute Gasteiger partial charge is 0.363 e. The van der Waals surface area contributed by atoms with Gasteiger partial charge in [0.25, 0.3) is 0 Å². The van der Waals surface area contributed by atoms with Gasteiger partial charge in [0.1, 0.15) is 6.26 Å². The van der Waals surface area contributed by atoms with Crippen molar-refractivity contribution in [1.82, 2.24) is 20.0 Å². The van der Waals surface area contributed by atoms with Crippen LogP contribution in [-0.2, 0) is 16.1 Å². The number of imidazole rings is 1. The van der Waals surface area contributed by atoms with Gasteiger partial charge in [0.2, 0.25) is 0 Å². The van der Waals surface area contributed by atoms with Gasteiger partial charge in [0, 0.05) is 31.5 Å². The zero-order valence-electron chi connectivity index (χ0n) is 10.1. The van der Waals surface area contributed by atoms with Crippen LogP contribution in [0.2, 0.25) is 0 Å². The second kappa shape index (κ2) is 6.34. The first-order valence-electron chi connectivity index (χ1n) is 5.71. The molecule has 0 unspecified atom stereocenters. The molecule has 2 aromatic heterocycles. The maximum atomic E-state index is 11.4. The van der Waals surface area contributed by atoms with Gasteiger partial charge < -0.3 is 14.4 Å². The van der Waals surface area contributed by atoms with E-state index in [4.69, 9.17) is 0 Å². The molecule has 100 valence electrons. The number of carbonyl (C=O) groups excluding carboxylic acids is 2. The highest BCUT2D eigenvalue weighted by atomic mass is 16.5. The summed E-state index contributed by atoms with van der Waals surface area (Å²) in [5.74, 6) is -1.26. The summed E-state index contributed by atoms with van der Waals surface area (Å²) in [6, 6.07) is 1.45. The van der Waals surface area contributed by atoms with Crippen LogP contribution in [-0.4, -0.2) is 33.1 Å². The molecular weight excluding hydrogens is 250 g/mol. The highest BCUT2D eigenvalue weighted by Gasteiger charge is 2.13. The Morgan fingerprint density at radius 3 is 2.95 bits per heavy atom. The molecule has 0 bridgehead atoms. The zero-order chi connectivity index (χ0) is 13.5. The fourth-order valence-corrected chi connectivity index (χ4v) is 1.41. The first-order chi connectivity index (χ1) is 9.25. The van der Waals surface area contributed by atoms with E-state index in [9.17, 15) is 9.59 Å². The molecule has 2 heterocycles. The summed E-state index contributed by atoms with van der Waals surface area (Å²) >= 11 is 0. The monoisotopic (exact) mass is 263 g/mol. The highest BCUT2D eigenvalue weighted by Crippen LogP contribution is 2.00. The number of nitrogens with zero attached hydrogens (tertiary/aromatic N) is 3. The fourth-order valence-electron chi connectivity index (χ4n) is 1.41. The molecular formula is C11H13N5O3. The molecule has 2 rings (SSSR count). The van der Waals surface area contributed by atoms with Crippen LogP contribution in [0, 0.1) is 0 Å². The third-order valence-corrected chi connectivity index (χ3v) is 2.32. The summed E-state index contributed by atoms with van der Waals surface area (Å²) in [5.41, 5.74) is 0. The Labute approximate surface area is 108 Å². The second-order valence-corrected chi connectivity index (χ2v) is 3.75. The molecule has 2 amide bonds. The maximum Gasteiger partial charge on any atom is 0.314 e. The number of hydrogen-bond acceptors (Lipinski definition) is 5. The van der Waals surface area contributed by atoms with Crippen molar-refractivity contribution in [2.24, 2.45) is 0 Å². The van der Waals surface area contributed by atoms with Gasteiger partial charge in [-0.2, -0.15) is 0 Å². The van der Waals surface area contributed by atoms with Crippen LogP contribution < -0.4 is 10.6 Å². The Hall–Kier alpha value is -2.64. The molecule has 0 saturated heterocycles. The summed E-state index contributed by atoms with van der Waals surface area (Å²) < 4.78 is 6.42. The molecule has 8 nitrogen and oxygen atoms in total. The maximum absolute atomic E-state index is 11.4. The van der Waals surface area contributed by atoms with Crippen LogP contribution >= 0.6 is 0 Å². The predicted octanol–water partition coefficient (Wildman–Crippen LogP) is 0.0161. The summed E-state index contributed by atoms with van der Waals surface area (Å²) in [6.45, 7) is 1.13. The normalized spacial score (nSPS) is 10.1. The molecule has 0 spiro atoms. The molecule has 0 saturated carbocycles. The number of hydrogen-bond donors (Lipinski definition) is 2. The lowest BCUT2D eigenvalue weighted by molar-refractivity contribution is -0.136. The first kappa shape index (κ1) is 12.8. The van der Waals surface area contributed by atoms with Crippen molar-refractivity contribution in [2.75, 3.05) is 11.9 Å². The molecule has 8 heteroatoms. The lowest BCUT2D eigenvalue weighted by atomic mass is 10.4.